The zero-order valence-corrected chi connectivity index (χ0v) is 5.80. The Morgan fingerprint density at radius 3 is 2.56 bits per heavy atom. The molecule has 1 unspecified atom stereocenters. The van der Waals surface area contributed by atoms with Gasteiger partial charge in [0.1, 0.15) is 0 Å². The maximum absolute atomic E-state index is 8.37. The molecule has 0 aromatic carbocycles. The summed E-state index contributed by atoms with van der Waals surface area (Å²) in [6, 6.07) is 0.150. The van der Waals surface area contributed by atoms with Crippen molar-refractivity contribution in [3.63, 3.8) is 0 Å². The molecular weight excluding hydrogens is 118 g/mol. The Balaban J connectivity index is 2.88. The Morgan fingerprint density at radius 2 is 2.11 bits per heavy atom. The molecule has 0 aliphatic heterocycles. The molecule has 1 atom stereocenters. The van der Waals surface area contributed by atoms with E-state index >= 15 is 0 Å². The molecule has 0 aliphatic carbocycles. The van der Waals surface area contributed by atoms with Crippen LogP contribution in [0.3, 0.4) is 0 Å². The van der Waals surface area contributed by atoms with Gasteiger partial charge in [-0.2, -0.15) is 0 Å². The number of rotatable bonds is 5. The summed E-state index contributed by atoms with van der Waals surface area (Å²) in [7, 11) is 0. The van der Waals surface area contributed by atoms with Gasteiger partial charge in [0.2, 0.25) is 0 Å². The van der Waals surface area contributed by atoms with Crippen molar-refractivity contribution in [2.24, 2.45) is 0 Å². The molecule has 56 valence electrons. The van der Waals surface area contributed by atoms with E-state index in [0.29, 0.717) is 0 Å². The van der Waals surface area contributed by atoms with Gasteiger partial charge in [0.25, 0.3) is 0 Å². The summed E-state index contributed by atoms with van der Waals surface area (Å²) >= 11 is 0. The van der Waals surface area contributed by atoms with Gasteiger partial charge in [0.15, 0.2) is 0 Å². The highest BCUT2D eigenvalue weighted by atomic mass is 16.5. The smallest absolute Gasteiger partial charge is 0.0431 e. The second kappa shape index (κ2) is 6.01. The van der Waals surface area contributed by atoms with Crippen molar-refractivity contribution in [2.75, 3.05) is 6.61 Å². The van der Waals surface area contributed by atoms with E-state index in [9.17, 15) is 0 Å². The van der Waals surface area contributed by atoms with E-state index in [2.05, 4.69) is 5.48 Å². The van der Waals surface area contributed by atoms with Crippen molar-refractivity contribution in [2.45, 2.75) is 32.2 Å². The number of nitrogens with one attached hydrogen (secondary N) is 1. The maximum Gasteiger partial charge on any atom is 0.0431 e. The molecule has 0 radical (unpaired) electrons. The Hall–Kier alpha value is -0.120. The molecule has 0 rings (SSSR count). The van der Waals surface area contributed by atoms with Gasteiger partial charge in [-0.3, -0.25) is 0 Å². The Bertz CT molecular complexity index is 59.0. The number of hydrogen-bond acceptors (Lipinski definition) is 3. The Kier molecular flexibility index (Phi) is 5.93. The molecular formula is C6H15NO2. The van der Waals surface area contributed by atoms with Crippen molar-refractivity contribution in [3.05, 3.63) is 0 Å². The summed E-state index contributed by atoms with van der Waals surface area (Å²) in [6.07, 6.45) is 2.70. The van der Waals surface area contributed by atoms with Gasteiger partial charge in [-0.1, -0.05) is 0 Å². The average molecular weight is 133 g/mol. The molecule has 0 aliphatic rings. The zero-order chi connectivity index (χ0) is 7.11. The minimum Gasteiger partial charge on any atom is -0.396 e. The predicted molar refractivity (Wildman–Crippen MR) is 35.3 cm³/mol. The van der Waals surface area contributed by atoms with E-state index in [1.54, 1.807) is 0 Å². The van der Waals surface area contributed by atoms with Crippen LogP contribution >= 0.6 is 0 Å². The van der Waals surface area contributed by atoms with Crippen molar-refractivity contribution >= 4 is 0 Å². The summed E-state index contributed by atoms with van der Waals surface area (Å²) in [5.41, 5.74) is 2.14. The molecule has 0 saturated carbocycles. The maximum atomic E-state index is 8.37. The van der Waals surface area contributed by atoms with Crippen molar-refractivity contribution in [1.82, 2.24) is 5.48 Å². The van der Waals surface area contributed by atoms with Crippen LogP contribution in [0.5, 0.6) is 0 Å². The van der Waals surface area contributed by atoms with Crippen LogP contribution < -0.4 is 5.48 Å². The lowest BCUT2D eigenvalue weighted by atomic mass is 10.1. The fraction of sp³-hybridized carbons (Fsp3) is 1.00. The second-order valence-electron chi connectivity index (χ2n) is 2.25. The molecule has 3 N–H and O–H groups in total. The van der Waals surface area contributed by atoms with E-state index in [4.69, 9.17) is 10.3 Å². The Morgan fingerprint density at radius 1 is 1.44 bits per heavy atom. The number of aliphatic hydroxyl groups is 1. The van der Waals surface area contributed by atoms with Crippen LogP contribution in [0, 0.1) is 0 Å². The number of unbranched alkanes of at least 4 members (excludes halogenated alkanes) is 1. The second-order valence-corrected chi connectivity index (χ2v) is 2.25. The number of hydroxylamine groups is 1. The molecule has 0 spiro atoms. The highest BCUT2D eigenvalue weighted by molar-refractivity contribution is 4.52. The molecule has 0 aromatic heterocycles. The SMILES string of the molecule is CC(CCCCO)NO. The third-order valence-electron chi connectivity index (χ3n) is 1.27. The first-order valence-corrected chi connectivity index (χ1v) is 3.31. The molecule has 0 saturated heterocycles. The van der Waals surface area contributed by atoms with Crippen LogP contribution in [0.15, 0.2) is 0 Å². The lowest BCUT2D eigenvalue weighted by Crippen LogP contribution is -2.21. The highest BCUT2D eigenvalue weighted by Gasteiger charge is 1.96. The Labute approximate surface area is 55.7 Å². The van der Waals surface area contributed by atoms with Crippen LogP contribution in [-0.2, 0) is 0 Å². The average Bonchev–Trinajstić information content (AvgIpc) is 1.89. The van der Waals surface area contributed by atoms with Gasteiger partial charge >= 0.3 is 0 Å². The first kappa shape index (κ1) is 8.88. The lowest BCUT2D eigenvalue weighted by molar-refractivity contribution is 0.126. The van der Waals surface area contributed by atoms with Gasteiger partial charge < -0.3 is 10.3 Å². The summed E-state index contributed by atoms with van der Waals surface area (Å²) in [5.74, 6) is 0. The normalized spacial score (nSPS) is 13.7. The quantitative estimate of drug-likeness (QED) is 0.378. The van der Waals surface area contributed by atoms with Gasteiger partial charge in [-0.25, -0.2) is 5.48 Å². The fourth-order valence-corrected chi connectivity index (χ4v) is 0.627. The van der Waals surface area contributed by atoms with E-state index in [1.807, 2.05) is 6.92 Å². The van der Waals surface area contributed by atoms with Crippen molar-refractivity contribution < 1.29 is 10.3 Å². The van der Waals surface area contributed by atoms with E-state index in [-0.39, 0.29) is 12.6 Å². The van der Waals surface area contributed by atoms with Gasteiger partial charge in [0.05, 0.1) is 0 Å². The van der Waals surface area contributed by atoms with Crippen LogP contribution in [0.1, 0.15) is 26.2 Å². The highest BCUT2D eigenvalue weighted by Crippen LogP contribution is 1.97. The van der Waals surface area contributed by atoms with Crippen LogP contribution in [0.2, 0.25) is 0 Å². The summed E-state index contributed by atoms with van der Waals surface area (Å²) < 4.78 is 0. The summed E-state index contributed by atoms with van der Waals surface area (Å²) in [5, 5.41) is 16.7. The van der Waals surface area contributed by atoms with Crippen molar-refractivity contribution in [3.8, 4) is 0 Å². The predicted octanol–water partition coefficient (Wildman–Crippen LogP) is 0.516. The minimum absolute atomic E-state index is 0.150. The van der Waals surface area contributed by atoms with E-state index < -0.39 is 0 Å². The molecule has 0 fully saturated rings. The first-order valence-electron chi connectivity index (χ1n) is 3.31. The van der Waals surface area contributed by atoms with Crippen molar-refractivity contribution in [1.29, 1.82) is 0 Å². The van der Waals surface area contributed by atoms with Gasteiger partial charge in [-0.05, 0) is 26.2 Å². The molecule has 0 amide bonds. The molecule has 3 heteroatoms. The third-order valence-corrected chi connectivity index (χ3v) is 1.27. The number of hydrogen-bond donors (Lipinski definition) is 3. The summed E-state index contributed by atoms with van der Waals surface area (Å²) in [6.45, 7) is 2.15. The largest absolute Gasteiger partial charge is 0.396 e. The standard InChI is InChI=1S/C6H15NO2/c1-6(7-9)4-2-3-5-8/h6-9H,2-5H2,1H3. The van der Waals surface area contributed by atoms with Gasteiger partial charge in [0, 0.05) is 12.6 Å². The molecule has 3 nitrogen and oxygen atoms in total. The van der Waals surface area contributed by atoms with Crippen LogP contribution in [0.4, 0.5) is 0 Å². The van der Waals surface area contributed by atoms with Crippen LogP contribution in [-0.4, -0.2) is 23.0 Å². The third kappa shape index (κ3) is 5.76. The zero-order valence-electron chi connectivity index (χ0n) is 5.80. The topological polar surface area (TPSA) is 52.5 Å². The molecule has 0 aromatic rings. The minimum atomic E-state index is 0.150. The monoisotopic (exact) mass is 133 g/mol. The molecule has 0 bridgehead atoms. The van der Waals surface area contributed by atoms with Gasteiger partial charge in [-0.15, -0.1) is 0 Å². The summed E-state index contributed by atoms with van der Waals surface area (Å²) in [4.78, 5) is 0. The van der Waals surface area contributed by atoms with E-state index in [1.165, 1.54) is 0 Å². The fourth-order valence-electron chi connectivity index (χ4n) is 0.627. The first-order chi connectivity index (χ1) is 4.31. The van der Waals surface area contributed by atoms with Crippen LogP contribution in [0.25, 0.3) is 0 Å². The molecule has 9 heavy (non-hydrogen) atoms. The lowest BCUT2D eigenvalue weighted by Gasteiger charge is -2.06. The van der Waals surface area contributed by atoms with E-state index in [0.717, 1.165) is 19.3 Å². The molecule has 0 heterocycles. The number of aliphatic hydroxyl groups excluding tert-OH is 1.